The molecule has 0 bridgehead atoms. The van der Waals surface area contributed by atoms with Gasteiger partial charge in [-0.05, 0) is 28.8 Å². The van der Waals surface area contributed by atoms with Crippen LogP contribution in [0.1, 0.15) is 61.9 Å². The van der Waals surface area contributed by atoms with Gasteiger partial charge in [0, 0.05) is 43.7 Å². The van der Waals surface area contributed by atoms with E-state index in [1.165, 1.54) is 0 Å². The van der Waals surface area contributed by atoms with Gasteiger partial charge in [0.15, 0.2) is 0 Å². The summed E-state index contributed by atoms with van der Waals surface area (Å²) in [6.45, 7) is 0. The Balaban J connectivity index is 1.76. The summed E-state index contributed by atoms with van der Waals surface area (Å²) in [4.78, 5) is 8.51. The summed E-state index contributed by atoms with van der Waals surface area (Å²) in [5.41, 5.74) is 0.686. The van der Waals surface area contributed by atoms with Crippen molar-refractivity contribution in [1.82, 2.24) is 9.97 Å². The fraction of sp³-hybridized carbons (Fsp3) is 0.714. The van der Waals surface area contributed by atoms with Crippen LogP contribution in [0.2, 0.25) is 0 Å². The Morgan fingerprint density at radius 3 is 2.19 bits per heavy atom. The van der Waals surface area contributed by atoms with Crippen LogP contribution < -0.4 is 0 Å². The maximum absolute atomic E-state index is 13.2. The second kappa shape index (κ2) is 5.18. The van der Waals surface area contributed by atoms with E-state index in [4.69, 9.17) is 0 Å². The largest absolute Gasteiger partial charge is 0.249 e. The highest BCUT2D eigenvalue weighted by molar-refractivity contribution is 9.10. The Kier molecular flexibility index (Phi) is 3.74. The molecule has 2 fully saturated rings. The smallest absolute Gasteiger partial charge is 0.240 e. The van der Waals surface area contributed by atoms with Crippen molar-refractivity contribution in [3.8, 4) is 0 Å². The van der Waals surface area contributed by atoms with Crippen LogP contribution in [-0.2, 0) is 0 Å². The molecule has 1 aromatic rings. The molecule has 0 amide bonds. The summed E-state index contributed by atoms with van der Waals surface area (Å²) < 4.78 is 53.0. The number of alkyl halides is 4. The molecule has 116 valence electrons. The molecule has 0 saturated heterocycles. The van der Waals surface area contributed by atoms with Crippen LogP contribution >= 0.6 is 15.9 Å². The van der Waals surface area contributed by atoms with Gasteiger partial charge in [-0.2, -0.15) is 0 Å². The van der Waals surface area contributed by atoms with Crippen molar-refractivity contribution >= 4 is 15.9 Å². The molecule has 0 aromatic carbocycles. The topological polar surface area (TPSA) is 25.8 Å². The van der Waals surface area contributed by atoms with Gasteiger partial charge in [0.05, 0.1) is 10.2 Å². The summed E-state index contributed by atoms with van der Waals surface area (Å²) in [6, 6.07) is 0. The van der Waals surface area contributed by atoms with Crippen LogP contribution in [0.5, 0.6) is 0 Å². The van der Waals surface area contributed by atoms with Gasteiger partial charge in [-0.25, -0.2) is 27.5 Å². The van der Waals surface area contributed by atoms with E-state index in [-0.39, 0.29) is 37.5 Å². The highest BCUT2D eigenvalue weighted by Gasteiger charge is 2.47. The number of rotatable bonds is 2. The molecule has 0 unspecified atom stereocenters. The summed E-state index contributed by atoms with van der Waals surface area (Å²) in [5.74, 6) is -5.17. The Hall–Kier alpha value is -0.720. The fourth-order valence-electron chi connectivity index (χ4n) is 3.03. The molecule has 1 aromatic heterocycles. The van der Waals surface area contributed by atoms with Gasteiger partial charge in [0.25, 0.3) is 0 Å². The van der Waals surface area contributed by atoms with E-state index in [9.17, 15) is 17.6 Å². The van der Waals surface area contributed by atoms with E-state index in [2.05, 4.69) is 25.9 Å². The summed E-state index contributed by atoms with van der Waals surface area (Å²) >= 11 is 3.35. The van der Waals surface area contributed by atoms with Crippen LogP contribution in [0.3, 0.4) is 0 Å². The van der Waals surface area contributed by atoms with Crippen molar-refractivity contribution in [2.75, 3.05) is 0 Å². The third-order valence-electron chi connectivity index (χ3n) is 4.35. The molecule has 2 nitrogen and oxygen atoms in total. The Morgan fingerprint density at radius 2 is 1.62 bits per heavy atom. The molecular weight excluding hydrogens is 352 g/mol. The monoisotopic (exact) mass is 366 g/mol. The minimum atomic E-state index is -2.62. The second-order valence-electron chi connectivity index (χ2n) is 6.05. The molecule has 7 heteroatoms. The average molecular weight is 367 g/mol. The first-order valence-electron chi connectivity index (χ1n) is 7.04. The number of hydrogen-bond donors (Lipinski definition) is 0. The quantitative estimate of drug-likeness (QED) is 0.684. The average Bonchev–Trinajstić information content (AvgIpc) is 2.37. The zero-order chi connectivity index (χ0) is 15.3. The minimum absolute atomic E-state index is 0.0543. The molecular formula is C14H15BrF4N2. The molecule has 2 aliphatic carbocycles. The van der Waals surface area contributed by atoms with Crippen molar-refractivity contribution in [2.45, 2.75) is 62.2 Å². The highest BCUT2D eigenvalue weighted by atomic mass is 79.9. The highest BCUT2D eigenvalue weighted by Crippen LogP contribution is 2.48. The second-order valence-corrected chi connectivity index (χ2v) is 6.91. The van der Waals surface area contributed by atoms with Gasteiger partial charge in [0.1, 0.15) is 5.82 Å². The van der Waals surface area contributed by atoms with Gasteiger partial charge in [0.2, 0.25) is 11.8 Å². The summed E-state index contributed by atoms with van der Waals surface area (Å²) in [7, 11) is 0. The van der Waals surface area contributed by atoms with Crippen LogP contribution in [0, 0.1) is 0 Å². The maximum Gasteiger partial charge on any atom is 0.249 e. The molecule has 0 N–H and O–H groups in total. The van der Waals surface area contributed by atoms with Crippen LogP contribution in [0.4, 0.5) is 17.6 Å². The first-order valence-corrected chi connectivity index (χ1v) is 7.83. The zero-order valence-corrected chi connectivity index (χ0v) is 12.8. The fourth-order valence-corrected chi connectivity index (χ4v) is 3.55. The van der Waals surface area contributed by atoms with Gasteiger partial charge in [-0.15, -0.1) is 0 Å². The lowest BCUT2D eigenvalue weighted by molar-refractivity contribution is -0.0886. The molecule has 2 aliphatic rings. The molecule has 21 heavy (non-hydrogen) atoms. The van der Waals surface area contributed by atoms with E-state index < -0.39 is 11.8 Å². The maximum atomic E-state index is 13.2. The van der Waals surface area contributed by atoms with Crippen molar-refractivity contribution < 1.29 is 17.6 Å². The minimum Gasteiger partial charge on any atom is -0.240 e. The summed E-state index contributed by atoms with van der Waals surface area (Å²) in [6.07, 6.45) is 1.54. The molecule has 0 aliphatic heterocycles. The molecule has 3 rings (SSSR count). The first-order chi connectivity index (χ1) is 9.76. The first kappa shape index (κ1) is 15.2. The molecule has 1 heterocycles. The predicted molar refractivity (Wildman–Crippen MR) is 72.8 cm³/mol. The van der Waals surface area contributed by atoms with Crippen LogP contribution in [0.15, 0.2) is 10.7 Å². The van der Waals surface area contributed by atoms with Crippen LogP contribution in [0.25, 0.3) is 0 Å². The van der Waals surface area contributed by atoms with Crippen LogP contribution in [-0.4, -0.2) is 21.8 Å². The molecule has 0 atom stereocenters. The lowest BCUT2D eigenvalue weighted by Crippen LogP contribution is -2.35. The Labute approximate surface area is 128 Å². The third-order valence-corrected chi connectivity index (χ3v) is 4.96. The number of nitrogens with zero attached hydrogens (tertiary/aromatic N) is 2. The van der Waals surface area contributed by atoms with Crippen molar-refractivity contribution in [2.24, 2.45) is 0 Å². The summed E-state index contributed by atoms with van der Waals surface area (Å²) in [5, 5.41) is 0. The van der Waals surface area contributed by atoms with Gasteiger partial charge in [-0.3, -0.25) is 0 Å². The van der Waals surface area contributed by atoms with E-state index in [1.807, 2.05) is 0 Å². The van der Waals surface area contributed by atoms with E-state index in [0.717, 1.165) is 0 Å². The van der Waals surface area contributed by atoms with E-state index in [1.54, 1.807) is 6.20 Å². The Morgan fingerprint density at radius 1 is 1.00 bits per heavy atom. The van der Waals surface area contributed by atoms with Crippen molar-refractivity contribution in [3.63, 3.8) is 0 Å². The standard InChI is InChI=1S/C14H15BrF4N2/c15-10-7-20-12(9-5-14(18,19)6-9)21-11(10)8-1-3-13(16,17)4-2-8/h7-9H,1-6H2. The van der Waals surface area contributed by atoms with Gasteiger partial charge < -0.3 is 0 Å². The normalized spacial score (nSPS) is 25.6. The Bertz CT molecular complexity index is 532. The third kappa shape index (κ3) is 3.22. The number of hydrogen-bond acceptors (Lipinski definition) is 2. The molecule has 2 saturated carbocycles. The molecule has 0 radical (unpaired) electrons. The van der Waals surface area contributed by atoms with Crippen molar-refractivity contribution in [1.29, 1.82) is 0 Å². The SMILES string of the molecule is FC1(F)CCC(c2nc(C3CC(F)(F)C3)ncc2Br)CC1. The van der Waals surface area contributed by atoms with E-state index >= 15 is 0 Å². The zero-order valence-electron chi connectivity index (χ0n) is 11.3. The van der Waals surface area contributed by atoms with Gasteiger partial charge in [-0.1, -0.05) is 0 Å². The predicted octanol–water partition coefficient (Wildman–Crippen LogP) is 5.04. The van der Waals surface area contributed by atoms with Crippen molar-refractivity contribution in [3.05, 3.63) is 22.2 Å². The van der Waals surface area contributed by atoms with Gasteiger partial charge >= 0.3 is 0 Å². The lowest BCUT2D eigenvalue weighted by atomic mass is 9.80. The molecule has 0 spiro atoms. The van der Waals surface area contributed by atoms with E-state index in [0.29, 0.717) is 28.8 Å². The number of aromatic nitrogens is 2. The number of halogens is 5. The lowest BCUT2D eigenvalue weighted by Gasteiger charge is -2.34.